The number of amides is 2. The highest BCUT2D eigenvalue weighted by Gasteiger charge is 2.47. The Morgan fingerprint density at radius 3 is 2.23 bits per heavy atom. The predicted molar refractivity (Wildman–Crippen MR) is 98.8 cm³/mol. The van der Waals surface area contributed by atoms with Crippen LogP contribution in [0.15, 0.2) is 0 Å². The van der Waals surface area contributed by atoms with E-state index in [1.54, 1.807) is 4.90 Å². The maximum absolute atomic E-state index is 12.7. The second-order valence-corrected chi connectivity index (χ2v) is 9.54. The monoisotopic (exact) mass is 366 g/mol. The average molecular weight is 367 g/mol. The minimum absolute atomic E-state index is 0.0690. The zero-order valence-electron chi connectivity index (χ0n) is 16.9. The molecular formula is C20H34N2O4. The molecule has 1 atom stereocenters. The van der Waals surface area contributed by atoms with Gasteiger partial charge < -0.3 is 19.3 Å². The van der Waals surface area contributed by atoms with Gasteiger partial charge in [0.2, 0.25) is 5.91 Å². The molecule has 0 radical (unpaired) electrons. The van der Waals surface area contributed by atoms with Crippen molar-refractivity contribution in [3.8, 4) is 0 Å². The van der Waals surface area contributed by atoms with E-state index in [9.17, 15) is 9.59 Å². The van der Waals surface area contributed by atoms with E-state index in [1.165, 1.54) is 0 Å². The predicted octanol–water partition coefficient (Wildman–Crippen LogP) is 3.05. The van der Waals surface area contributed by atoms with Crippen molar-refractivity contribution in [1.82, 2.24) is 9.80 Å². The molecule has 1 saturated carbocycles. The molecule has 0 N–H and O–H groups in total. The van der Waals surface area contributed by atoms with Crippen LogP contribution in [-0.4, -0.2) is 65.3 Å². The summed E-state index contributed by atoms with van der Waals surface area (Å²) in [5.41, 5.74) is -0.806. The molecule has 3 aliphatic rings. The Morgan fingerprint density at radius 1 is 1.12 bits per heavy atom. The number of ether oxygens (including phenoxy) is 2. The molecule has 1 aliphatic carbocycles. The molecule has 0 aromatic carbocycles. The van der Waals surface area contributed by atoms with E-state index in [0.29, 0.717) is 38.0 Å². The Morgan fingerprint density at radius 2 is 1.73 bits per heavy atom. The van der Waals surface area contributed by atoms with Crippen molar-refractivity contribution < 1.29 is 19.1 Å². The van der Waals surface area contributed by atoms with Gasteiger partial charge in [-0.1, -0.05) is 13.8 Å². The summed E-state index contributed by atoms with van der Waals surface area (Å²) in [6.07, 6.45) is 3.38. The molecule has 6 nitrogen and oxygen atoms in total. The van der Waals surface area contributed by atoms with Crippen LogP contribution in [0.25, 0.3) is 0 Å². The Bertz CT molecular complexity index is 543. The molecule has 3 fully saturated rings. The smallest absolute Gasteiger partial charge is 0.410 e. The van der Waals surface area contributed by atoms with Crippen LogP contribution in [-0.2, 0) is 14.3 Å². The molecule has 26 heavy (non-hydrogen) atoms. The van der Waals surface area contributed by atoms with E-state index in [0.717, 1.165) is 25.7 Å². The van der Waals surface area contributed by atoms with E-state index in [1.807, 2.05) is 25.7 Å². The summed E-state index contributed by atoms with van der Waals surface area (Å²) in [5.74, 6) is 0.901. The zero-order valence-corrected chi connectivity index (χ0v) is 16.9. The minimum Gasteiger partial charge on any atom is -0.444 e. The van der Waals surface area contributed by atoms with Crippen molar-refractivity contribution in [3.05, 3.63) is 0 Å². The van der Waals surface area contributed by atoms with Crippen molar-refractivity contribution in [1.29, 1.82) is 0 Å². The molecule has 1 unspecified atom stereocenters. The van der Waals surface area contributed by atoms with Crippen LogP contribution in [0.4, 0.5) is 4.79 Å². The van der Waals surface area contributed by atoms with Gasteiger partial charge in [-0.25, -0.2) is 4.79 Å². The summed E-state index contributed by atoms with van der Waals surface area (Å²) < 4.78 is 12.0. The second-order valence-electron chi connectivity index (χ2n) is 9.54. The third kappa shape index (κ3) is 4.51. The van der Waals surface area contributed by atoms with E-state index >= 15 is 0 Å². The molecule has 2 heterocycles. The van der Waals surface area contributed by atoms with E-state index in [4.69, 9.17) is 9.47 Å². The van der Waals surface area contributed by atoms with Crippen molar-refractivity contribution in [2.24, 2.45) is 11.8 Å². The molecule has 2 aliphatic heterocycles. The molecule has 0 bridgehead atoms. The van der Waals surface area contributed by atoms with Gasteiger partial charge in [-0.2, -0.15) is 0 Å². The molecule has 148 valence electrons. The maximum atomic E-state index is 12.7. The second kappa shape index (κ2) is 7.02. The fourth-order valence-electron chi connectivity index (χ4n) is 3.83. The lowest BCUT2D eigenvalue weighted by Gasteiger charge is -2.51. The summed E-state index contributed by atoms with van der Waals surface area (Å²) in [6.45, 7) is 12.5. The largest absolute Gasteiger partial charge is 0.444 e. The number of hydrogen-bond acceptors (Lipinski definition) is 4. The first-order valence-electron chi connectivity index (χ1n) is 10.0. The number of nitrogens with zero attached hydrogens (tertiary/aromatic N) is 2. The van der Waals surface area contributed by atoms with Gasteiger partial charge in [-0.15, -0.1) is 0 Å². The Hall–Kier alpha value is -1.30. The number of carbonyl (C=O) groups is 2. The Labute approximate surface area is 157 Å². The van der Waals surface area contributed by atoms with Gasteiger partial charge in [0, 0.05) is 32.1 Å². The average Bonchev–Trinajstić information content (AvgIpc) is 3.37. The Kier molecular flexibility index (Phi) is 5.26. The van der Waals surface area contributed by atoms with Crippen molar-refractivity contribution in [2.75, 3.05) is 26.2 Å². The van der Waals surface area contributed by atoms with Crippen LogP contribution < -0.4 is 0 Å². The molecule has 6 heteroatoms. The number of hydrogen-bond donors (Lipinski definition) is 0. The minimum atomic E-state index is -0.482. The highest BCUT2D eigenvalue weighted by molar-refractivity contribution is 5.81. The Balaban J connectivity index is 1.65. The lowest BCUT2D eigenvalue weighted by molar-refractivity contribution is -0.192. The van der Waals surface area contributed by atoms with Crippen molar-refractivity contribution in [2.45, 2.75) is 77.6 Å². The number of piperidine rings is 1. The quantitative estimate of drug-likeness (QED) is 0.754. The fourth-order valence-corrected chi connectivity index (χ4v) is 3.83. The van der Waals surface area contributed by atoms with E-state index in [2.05, 4.69) is 13.8 Å². The van der Waals surface area contributed by atoms with Crippen LogP contribution >= 0.6 is 0 Å². The summed E-state index contributed by atoms with van der Waals surface area (Å²) in [6, 6.07) is 0. The van der Waals surface area contributed by atoms with Gasteiger partial charge in [-0.05, 0) is 52.4 Å². The van der Waals surface area contributed by atoms with Crippen LogP contribution in [0.1, 0.15) is 60.3 Å². The van der Waals surface area contributed by atoms with Gasteiger partial charge in [-0.3, -0.25) is 4.79 Å². The van der Waals surface area contributed by atoms with Gasteiger partial charge in [0.15, 0.2) is 0 Å². The van der Waals surface area contributed by atoms with E-state index < -0.39 is 5.60 Å². The van der Waals surface area contributed by atoms with Crippen LogP contribution in [0.3, 0.4) is 0 Å². The SMILES string of the molecule is CC(C)C1CN(C(=O)C2CC2)CC2(CCN(C(=O)OC(C)(C)C)CC2)O1. The van der Waals surface area contributed by atoms with Crippen molar-refractivity contribution >= 4 is 12.0 Å². The van der Waals surface area contributed by atoms with Gasteiger partial charge in [0.1, 0.15) is 5.60 Å². The highest BCUT2D eigenvalue weighted by Crippen LogP contribution is 2.38. The molecule has 2 saturated heterocycles. The molecule has 3 rings (SSSR count). The number of likely N-dealkylation sites (tertiary alicyclic amines) is 1. The normalized spacial score (nSPS) is 26.3. The van der Waals surface area contributed by atoms with Crippen LogP contribution in [0, 0.1) is 11.8 Å². The molecule has 1 spiro atoms. The lowest BCUT2D eigenvalue weighted by atomic mass is 9.87. The first-order chi connectivity index (χ1) is 12.1. The molecular weight excluding hydrogens is 332 g/mol. The molecule has 0 aromatic rings. The summed E-state index contributed by atoms with van der Waals surface area (Å²) in [4.78, 5) is 28.8. The van der Waals surface area contributed by atoms with Gasteiger partial charge in [0.05, 0.1) is 11.7 Å². The molecule has 0 aromatic heterocycles. The first kappa shape index (κ1) is 19.5. The van der Waals surface area contributed by atoms with Crippen LogP contribution in [0.2, 0.25) is 0 Å². The topological polar surface area (TPSA) is 59.1 Å². The first-order valence-corrected chi connectivity index (χ1v) is 10.0. The van der Waals surface area contributed by atoms with Crippen molar-refractivity contribution in [3.63, 3.8) is 0 Å². The van der Waals surface area contributed by atoms with Crippen LogP contribution in [0.5, 0.6) is 0 Å². The van der Waals surface area contributed by atoms with Gasteiger partial charge >= 0.3 is 6.09 Å². The number of rotatable bonds is 2. The fraction of sp³-hybridized carbons (Fsp3) is 0.900. The highest BCUT2D eigenvalue weighted by atomic mass is 16.6. The molecule has 2 amide bonds. The lowest BCUT2D eigenvalue weighted by Crippen LogP contribution is -2.62. The summed E-state index contributed by atoms with van der Waals surface area (Å²) in [7, 11) is 0. The van der Waals surface area contributed by atoms with Gasteiger partial charge in [0.25, 0.3) is 0 Å². The third-order valence-electron chi connectivity index (χ3n) is 5.59. The zero-order chi connectivity index (χ0) is 19.1. The van der Waals surface area contributed by atoms with E-state index in [-0.39, 0.29) is 23.7 Å². The summed E-state index contributed by atoms with van der Waals surface area (Å²) in [5, 5.41) is 0. The number of carbonyl (C=O) groups excluding carboxylic acids is 2. The maximum Gasteiger partial charge on any atom is 0.410 e. The standard InChI is InChI=1S/C20H34N2O4/c1-14(2)16-12-22(17(23)15-6-7-15)13-20(25-16)8-10-21(11-9-20)18(24)26-19(3,4)5/h14-16H,6-13H2,1-5H3. The number of morpholine rings is 1. The third-order valence-corrected chi connectivity index (χ3v) is 5.59. The summed E-state index contributed by atoms with van der Waals surface area (Å²) >= 11 is 0.